The van der Waals surface area contributed by atoms with Gasteiger partial charge >= 0.3 is 0 Å². The van der Waals surface area contributed by atoms with Gasteiger partial charge in [0, 0.05) is 0 Å². The maximum Gasteiger partial charge on any atom is 0.219 e. The molecule has 0 bridgehead atoms. The van der Waals surface area contributed by atoms with E-state index < -0.39 is 37.3 Å². The van der Waals surface area contributed by atoms with Gasteiger partial charge in [-0.3, -0.25) is 9.18 Å². The van der Waals surface area contributed by atoms with Crippen LogP contribution in [0.1, 0.15) is 16.3 Å². The highest BCUT2D eigenvalue weighted by molar-refractivity contribution is 5.70. The summed E-state index contributed by atoms with van der Waals surface area (Å²) in [5.74, 6) is -1.50. The second-order valence-electron chi connectivity index (χ2n) is 4.36. The lowest BCUT2D eigenvalue weighted by Crippen LogP contribution is -2.46. The van der Waals surface area contributed by atoms with Crippen LogP contribution in [-0.2, 0) is 11.3 Å². The molecule has 4 atom stereocenters. The van der Waals surface area contributed by atoms with E-state index in [2.05, 4.69) is 4.74 Å². The Hall–Kier alpha value is -1.40. The van der Waals surface area contributed by atoms with Crippen LogP contribution in [-0.4, -0.2) is 81.4 Å². The van der Waals surface area contributed by atoms with Crippen molar-refractivity contribution in [2.45, 2.75) is 30.7 Å². The molecule has 0 unspecified atom stereocenters. The summed E-state index contributed by atoms with van der Waals surface area (Å²) in [7, 11) is 0.500. The maximum absolute atomic E-state index is 9.96. The van der Waals surface area contributed by atoms with Crippen LogP contribution < -0.4 is 0 Å². The molecule has 1 saturated heterocycles. The molecule has 23 heavy (non-hydrogen) atoms. The largest absolute Gasteiger partial charge is 0.456 e. The van der Waals surface area contributed by atoms with Gasteiger partial charge in [-0.2, -0.15) is 0 Å². The van der Waals surface area contributed by atoms with E-state index in [1.165, 1.54) is 6.07 Å². The molecule has 9 nitrogen and oxygen atoms in total. The molecule has 1 aliphatic rings. The van der Waals surface area contributed by atoms with E-state index in [0.29, 0.717) is 19.2 Å². The van der Waals surface area contributed by atoms with Gasteiger partial charge in [0.25, 0.3) is 0 Å². The number of rotatable bonds is 4. The zero-order valence-corrected chi connectivity index (χ0v) is 12.4. The zero-order chi connectivity index (χ0) is 18.0. The number of hydrogen-bond donors (Lipinski definition) is 6. The molecule has 1 fully saturated rings. The standard InChI is InChI=1S/C6H12O6.C6H6O3.CH3F/c7-1-3-4(9)5(10)6(11,2-8)12-3;7-3-5-1-2-6(4-8)9-5;1-2/h3-5,7-11H,1-2H2;1-3,8H,4H2;1H3/t3-,4-,5+,6-;;/m1../s1. The van der Waals surface area contributed by atoms with Crippen molar-refractivity contribution in [2.24, 2.45) is 0 Å². The van der Waals surface area contributed by atoms with Crippen LogP contribution >= 0.6 is 0 Å². The van der Waals surface area contributed by atoms with E-state index in [4.69, 9.17) is 29.9 Å². The van der Waals surface area contributed by atoms with Crippen molar-refractivity contribution in [3.8, 4) is 0 Å². The third-order valence-electron chi connectivity index (χ3n) is 2.88. The molecule has 10 heteroatoms. The van der Waals surface area contributed by atoms with Crippen molar-refractivity contribution in [3.63, 3.8) is 0 Å². The van der Waals surface area contributed by atoms with E-state index in [1.54, 1.807) is 6.07 Å². The number of ether oxygens (including phenoxy) is 1. The van der Waals surface area contributed by atoms with E-state index in [1.807, 2.05) is 0 Å². The smallest absolute Gasteiger partial charge is 0.219 e. The predicted molar refractivity (Wildman–Crippen MR) is 73.1 cm³/mol. The minimum atomic E-state index is -2.16. The summed E-state index contributed by atoms with van der Waals surface area (Å²) in [6, 6.07) is 3.07. The number of alkyl halides is 1. The number of halogens is 1. The first-order valence-electron chi connectivity index (χ1n) is 6.42. The summed E-state index contributed by atoms with van der Waals surface area (Å²) in [6.07, 6.45) is -3.44. The number of furan rings is 1. The Balaban J connectivity index is 0.000000392. The average molecular weight is 340 g/mol. The molecule has 0 radical (unpaired) electrons. The van der Waals surface area contributed by atoms with Crippen LogP contribution in [0.5, 0.6) is 0 Å². The molecule has 0 aliphatic carbocycles. The van der Waals surface area contributed by atoms with E-state index in [0.717, 1.165) is 0 Å². The third-order valence-corrected chi connectivity index (χ3v) is 2.88. The molecule has 134 valence electrons. The van der Waals surface area contributed by atoms with Gasteiger partial charge in [-0.15, -0.1) is 0 Å². The lowest BCUT2D eigenvalue weighted by atomic mass is 10.1. The van der Waals surface area contributed by atoms with Gasteiger partial charge in [0.1, 0.15) is 30.7 Å². The van der Waals surface area contributed by atoms with Gasteiger partial charge in [-0.1, -0.05) is 0 Å². The fourth-order valence-electron chi connectivity index (χ4n) is 1.69. The molecule has 1 aromatic rings. The molecule has 0 aromatic carbocycles. The summed E-state index contributed by atoms with van der Waals surface area (Å²) in [6.45, 7) is -1.52. The first-order valence-corrected chi connectivity index (χ1v) is 6.42. The van der Waals surface area contributed by atoms with Gasteiger partial charge in [-0.05, 0) is 12.1 Å². The first-order chi connectivity index (χ1) is 10.9. The van der Waals surface area contributed by atoms with Crippen LogP contribution in [0.2, 0.25) is 0 Å². The highest BCUT2D eigenvalue weighted by Crippen LogP contribution is 2.28. The van der Waals surface area contributed by atoms with Gasteiger partial charge in [0.05, 0.1) is 20.4 Å². The van der Waals surface area contributed by atoms with Crippen LogP contribution in [0, 0.1) is 0 Å². The van der Waals surface area contributed by atoms with E-state index in [-0.39, 0.29) is 12.4 Å². The molecule has 2 heterocycles. The first kappa shape index (κ1) is 21.6. The Kier molecular flexibility index (Phi) is 9.76. The fraction of sp³-hybridized carbons (Fsp3) is 0.615. The third kappa shape index (κ3) is 5.62. The Morgan fingerprint density at radius 1 is 1.26 bits per heavy atom. The molecular weight excluding hydrogens is 319 g/mol. The average Bonchev–Trinajstić information content (AvgIpc) is 3.16. The van der Waals surface area contributed by atoms with Crippen LogP contribution in [0.25, 0.3) is 0 Å². The van der Waals surface area contributed by atoms with Crippen molar-refractivity contribution >= 4 is 6.29 Å². The summed E-state index contributed by atoms with van der Waals surface area (Å²) < 4.78 is 18.9. The molecule has 6 N–H and O–H groups in total. The maximum atomic E-state index is 9.96. The predicted octanol–water partition coefficient (Wildman–Crippen LogP) is -2.05. The number of carbonyl (C=O) groups excluding carboxylic acids is 1. The Labute approximate surface area is 131 Å². The van der Waals surface area contributed by atoms with Crippen molar-refractivity contribution < 1.29 is 49.0 Å². The van der Waals surface area contributed by atoms with Crippen LogP contribution in [0.15, 0.2) is 16.5 Å². The molecule has 0 amide bonds. The normalized spacial score (nSPS) is 29.1. The van der Waals surface area contributed by atoms with Crippen molar-refractivity contribution in [1.82, 2.24) is 0 Å². The minimum Gasteiger partial charge on any atom is -0.456 e. The lowest BCUT2D eigenvalue weighted by molar-refractivity contribution is -0.248. The number of aliphatic hydroxyl groups is 6. The second-order valence-corrected chi connectivity index (χ2v) is 4.36. The van der Waals surface area contributed by atoms with Gasteiger partial charge in [-0.25, -0.2) is 0 Å². The lowest BCUT2D eigenvalue weighted by Gasteiger charge is -2.22. The summed E-state index contributed by atoms with van der Waals surface area (Å²) >= 11 is 0. The van der Waals surface area contributed by atoms with E-state index >= 15 is 0 Å². The Bertz CT molecular complexity index is 452. The number of carbonyl (C=O) groups is 1. The molecular formula is C13H21FO9. The quantitative estimate of drug-likeness (QED) is 0.339. The van der Waals surface area contributed by atoms with Crippen molar-refractivity contribution in [1.29, 1.82) is 0 Å². The van der Waals surface area contributed by atoms with Gasteiger partial charge in [0.15, 0.2) is 12.0 Å². The van der Waals surface area contributed by atoms with Crippen LogP contribution in [0.3, 0.4) is 0 Å². The summed E-state index contributed by atoms with van der Waals surface area (Å²) in [5.41, 5.74) is 0. The highest BCUT2D eigenvalue weighted by atomic mass is 19.1. The molecule has 1 aliphatic heterocycles. The van der Waals surface area contributed by atoms with Crippen molar-refractivity contribution in [3.05, 3.63) is 23.7 Å². The number of hydrogen-bond acceptors (Lipinski definition) is 9. The van der Waals surface area contributed by atoms with E-state index in [9.17, 15) is 14.3 Å². The molecule has 0 spiro atoms. The SMILES string of the molecule is CF.O=Cc1ccc(CO)o1.OC[C@H]1O[C@](O)(CO)[C@@H](O)[C@@H]1O. The Morgan fingerprint density at radius 3 is 2.13 bits per heavy atom. The Morgan fingerprint density at radius 2 is 1.87 bits per heavy atom. The monoisotopic (exact) mass is 340 g/mol. The molecule has 2 rings (SSSR count). The summed E-state index contributed by atoms with van der Waals surface area (Å²) in [5, 5.41) is 53.1. The molecule has 1 aromatic heterocycles. The number of aldehydes is 1. The second kappa shape index (κ2) is 10.4. The fourth-order valence-corrected chi connectivity index (χ4v) is 1.69. The summed E-state index contributed by atoms with van der Waals surface area (Å²) in [4.78, 5) is 9.96. The minimum absolute atomic E-state index is 0.159. The topological polar surface area (TPSA) is 161 Å². The number of aliphatic hydroxyl groups excluding tert-OH is 5. The van der Waals surface area contributed by atoms with Gasteiger partial charge < -0.3 is 39.8 Å². The highest BCUT2D eigenvalue weighted by Gasteiger charge is 2.52. The van der Waals surface area contributed by atoms with Gasteiger partial charge in [0.2, 0.25) is 5.79 Å². The zero-order valence-electron chi connectivity index (χ0n) is 12.4. The molecule has 0 saturated carbocycles. The van der Waals surface area contributed by atoms with Crippen LogP contribution in [0.4, 0.5) is 4.39 Å². The van der Waals surface area contributed by atoms with Crippen molar-refractivity contribution in [2.75, 3.05) is 20.4 Å².